The van der Waals surface area contributed by atoms with E-state index in [0.717, 1.165) is 24.9 Å². The zero-order chi connectivity index (χ0) is 19.9. The van der Waals surface area contributed by atoms with Gasteiger partial charge in [-0.2, -0.15) is 4.80 Å². The maximum atomic E-state index is 12.2. The number of hydrogen-bond donors (Lipinski definition) is 2. The van der Waals surface area contributed by atoms with Crippen LogP contribution in [0, 0.1) is 0 Å². The van der Waals surface area contributed by atoms with Crippen molar-refractivity contribution in [2.45, 2.75) is 32.7 Å². The van der Waals surface area contributed by atoms with E-state index in [1.165, 1.54) is 10.4 Å². The fourth-order valence-electron chi connectivity index (χ4n) is 2.67. The Morgan fingerprint density at radius 3 is 2.43 bits per heavy atom. The molecule has 0 aliphatic carbocycles. The van der Waals surface area contributed by atoms with Crippen molar-refractivity contribution < 1.29 is 9.59 Å². The van der Waals surface area contributed by atoms with Gasteiger partial charge in [0.05, 0.1) is 0 Å². The molecular formula is C20H22N6O2. The van der Waals surface area contributed by atoms with Gasteiger partial charge in [-0.25, -0.2) is 0 Å². The molecule has 3 rings (SSSR count). The van der Waals surface area contributed by atoms with Crippen LogP contribution in [-0.4, -0.2) is 32.0 Å². The highest BCUT2D eigenvalue weighted by atomic mass is 16.2. The summed E-state index contributed by atoms with van der Waals surface area (Å²) in [5.41, 5.74) is 8.29. The molecular weight excluding hydrogens is 356 g/mol. The van der Waals surface area contributed by atoms with Crippen molar-refractivity contribution in [3.05, 3.63) is 59.7 Å². The van der Waals surface area contributed by atoms with Crippen LogP contribution in [0.5, 0.6) is 0 Å². The van der Waals surface area contributed by atoms with Gasteiger partial charge in [0.25, 0.3) is 0 Å². The Morgan fingerprint density at radius 2 is 1.79 bits per heavy atom. The highest BCUT2D eigenvalue weighted by Gasteiger charge is 2.10. The minimum absolute atomic E-state index is 0.0516. The molecule has 0 fully saturated rings. The number of nitrogens with two attached hydrogens (primary N) is 1. The zero-order valence-corrected chi connectivity index (χ0v) is 15.6. The number of anilines is 1. The van der Waals surface area contributed by atoms with E-state index in [1.807, 2.05) is 24.3 Å². The molecule has 0 aliphatic heterocycles. The van der Waals surface area contributed by atoms with Gasteiger partial charge in [0.1, 0.15) is 6.54 Å². The average Bonchev–Trinajstić information content (AvgIpc) is 3.16. The molecule has 28 heavy (non-hydrogen) atoms. The summed E-state index contributed by atoms with van der Waals surface area (Å²) < 4.78 is 0. The van der Waals surface area contributed by atoms with Gasteiger partial charge in [-0.15, -0.1) is 10.2 Å². The number of aryl methyl sites for hydroxylation is 1. The maximum absolute atomic E-state index is 12.2. The number of aromatic nitrogens is 4. The third kappa shape index (κ3) is 5.00. The van der Waals surface area contributed by atoms with Crippen molar-refractivity contribution in [2.24, 2.45) is 5.73 Å². The number of nitrogens with one attached hydrogen (secondary N) is 1. The molecule has 2 amide bonds. The lowest BCUT2D eigenvalue weighted by molar-refractivity contribution is -0.117. The van der Waals surface area contributed by atoms with Crippen LogP contribution in [-0.2, 0) is 17.8 Å². The second-order valence-corrected chi connectivity index (χ2v) is 6.43. The molecule has 0 atom stereocenters. The number of unbranched alkanes of at least 4 members (excludes halogenated alkanes) is 1. The van der Waals surface area contributed by atoms with Crippen molar-refractivity contribution in [3.8, 4) is 11.4 Å². The van der Waals surface area contributed by atoms with Gasteiger partial charge in [-0.05, 0) is 47.9 Å². The van der Waals surface area contributed by atoms with E-state index in [0.29, 0.717) is 17.0 Å². The molecule has 8 nitrogen and oxygen atoms in total. The summed E-state index contributed by atoms with van der Waals surface area (Å²) >= 11 is 0. The summed E-state index contributed by atoms with van der Waals surface area (Å²) in [6.45, 7) is 2.11. The van der Waals surface area contributed by atoms with Crippen molar-refractivity contribution >= 4 is 17.5 Å². The summed E-state index contributed by atoms with van der Waals surface area (Å²) in [6.07, 6.45) is 3.34. The summed E-state index contributed by atoms with van der Waals surface area (Å²) in [7, 11) is 0. The van der Waals surface area contributed by atoms with E-state index in [9.17, 15) is 9.59 Å². The number of amides is 2. The predicted octanol–water partition coefficient (Wildman–Crippen LogP) is 2.42. The number of primary amides is 1. The minimum atomic E-state index is -0.502. The number of carbonyl (C=O) groups is 2. The molecule has 8 heteroatoms. The Kier molecular flexibility index (Phi) is 6.11. The monoisotopic (exact) mass is 378 g/mol. The molecule has 0 unspecified atom stereocenters. The van der Waals surface area contributed by atoms with Crippen LogP contribution in [0.25, 0.3) is 11.4 Å². The molecule has 144 valence electrons. The van der Waals surface area contributed by atoms with Crippen molar-refractivity contribution in [1.29, 1.82) is 0 Å². The van der Waals surface area contributed by atoms with Crippen molar-refractivity contribution in [2.75, 3.05) is 5.32 Å². The topological polar surface area (TPSA) is 116 Å². The fourth-order valence-corrected chi connectivity index (χ4v) is 2.67. The lowest BCUT2D eigenvalue weighted by atomic mass is 10.1. The number of tetrazole rings is 1. The van der Waals surface area contributed by atoms with Crippen LogP contribution >= 0.6 is 0 Å². The first-order valence-electron chi connectivity index (χ1n) is 9.12. The van der Waals surface area contributed by atoms with Crippen molar-refractivity contribution in [1.82, 2.24) is 20.2 Å². The average molecular weight is 378 g/mol. The first-order valence-corrected chi connectivity index (χ1v) is 9.12. The lowest BCUT2D eigenvalue weighted by Crippen LogP contribution is -2.20. The third-order valence-corrected chi connectivity index (χ3v) is 4.22. The molecule has 1 heterocycles. The minimum Gasteiger partial charge on any atom is -0.366 e. The quantitative estimate of drug-likeness (QED) is 0.624. The molecule has 0 spiro atoms. The summed E-state index contributed by atoms with van der Waals surface area (Å²) in [4.78, 5) is 24.6. The number of rotatable bonds is 8. The Balaban J connectivity index is 1.58. The predicted molar refractivity (Wildman–Crippen MR) is 105 cm³/mol. The summed E-state index contributed by atoms with van der Waals surface area (Å²) in [6, 6.07) is 14.4. The van der Waals surface area contributed by atoms with Crippen LogP contribution < -0.4 is 11.1 Å². The van der Waals surface area contributed by atoms with Gasteiger partial charge < -0.3 is 11.1 Å². The van der Waals surface area contributed by atoms with Crippen LogP contribution in [0.1, 0.15) is 35.7 Å². The highest BCUT2D eigenvalue weighted by molar-refractivity contribution is 5.93. The largest absolute Gasteiger partial charge is 0.366 e. The van der Waals surface area contributed by atoms with Crippen LogP contribution in [0.15, 0.2) is 48.5 Å². The SMILES string of the molecule is CCCCc1ccc(NC(=O)Cn2nnc(-c3ccc(C(N)=O)cc3)n2)cc1. The first-order chi connectivity index (χ1) is 13.5. The maximum Gasteiger partial charge on any atom is 0.248 e. The number of hydrogen-bond acceptors (Lipinski definition) is 5. The van der Waals surface area contributed by atoms with E-state index < -0.39 is 5.91 Å². The molecule has 1 aromatic heterocycles. The van der Waals surface area contributed by atoms with Gasteiger partial charge in [-0.3, -0.25) is 9.59 Å². The molecule has 0 saturated heterocycles. The molecule has 0 radical (unpaired) electrons. The second-order valence-electron chi connectivity index (χ2n) is 6.43. The number of nitrogens with zero attached hydrogens (tertiary/aromatic N) is 4. The van der Waals surface area contributed by atoms with Crippen LogP contribution in [0.4, 0.5) is 5.69 Å². The Bertz CT molecular complexity index is 948. The number of carbonyl (C=O) groups excluding carboxylic acids is 2. The second kappa shape index (κ2) is 8.90. The Hall–Kier alpha value is -3.55. The normalized spacial score (nSPS) is 10.6. The van der Waals surface area contributed by atoms with E-state index in [1.54, 1.807) is 24.3 Å². The smallest absolute Gasteiger partial charge is 0.248 e. The Morgan fingerprint density at radius 1 is 1.07 bits per heavy atom. The van der Waals surface area contributed by atoms with Crippen LogP contribution in [0.3, 0.4) is 0 Å². The number of benzene rings is 2. The third-order valence-electron chi connectivity index (χ3n) is 4.22. The van der Waals surface area contributed by atoms with Gasteiger partial charge in [0.2, 0.25) is 17.6 Å². The van der Waals surface area contributed by atoms with Gasteiger partial charge in [0.15, 0.2) is 0 Å². The van der Waals surface area contributed by atoms with Gasteiger partial charge in [0, 0.05) is 16.8 Å². The van der Waals surface area contributed by atoms with Gasteiger partial charge in [-0.1, -0.05) is 37.6 Å². The molecule has 0 saturated carbocycles. The fraction of sp³-hybridized carbons (Fsp3) is 0.250. The molecule has 0 aliphatic rings. The van der Waals surface area contributed by atoms with E-state index in [-0.39, 0.29) is 12.5 Å². The van der Waals surface area contributed by atoms with E-state index in [2.05, 4.69) is 27.7 Å². The van der Waals surface area contributed by atoms with Crippen LogP contribution in [0.2, 0.25) is 0 Å². The van der Waals surface area contributed by atoms with Crippen molar-refractivity contribution in [3.63, 3.8) is 0 Å². The lowest BCUT2D eigenvalue weighted by Gasteiger charge is -2.06. The summed E-state index contributed by atoms with van der Waals surface area (Å²) in [5.74, 6) is -0.378. The highest BCUT2D eigenvalue weighted by Crippen LogP contribution is 2.15. The summed E-state index contributed by atoms with van der Waals surface area (Å²) in [5, 5.41) is 14.9. The standard InChI is InChI=1S/C20H22N6O2/c1-2-3-4-14-5-11-17(12-6-14)22-18(27)13-26-24-20(23-25-26)16-9-7-15(8-10-16)19(21)28/h5-12H,2-4,13H2,1H3,(H2,21,28)(H,22,27). The molecule has 3 aromatic rings. The molecule has 0 bridgehead atoms. The zero-order valence-electron chi connectivity index (χ0n) is 15.6. The van der Waals surface area contributed by atoms with E-state index >= 15 is 0 Å². The van der Waals surface area contributed by atoms with Gasteiger partial charge >= 0.3 is 0 Å². The molecule has 3 N–H and O–H groups in total. The Labute approximate surface area is 162 Å². The molecule has 2 aromatic carbocycles. The first kappa shape index (κ1) is 19.2. The van der Waals surface area contributed by atoms with E-state index in [4.69, 9.17) is 5.73 Å².